The zero-order valence-electron chi connectivity index (χ0n) is 33.8. The number of rotatable bonds is 24. The number of likely N-dealkylation sites (N-methyl/N-ethyl adjacent to an activating group) is 1. The Kier molecular flexibility index (Phi) is 22.0. The van der Waals surface area contributed by atoms with Gasteiger partial charge in [0, 0.05) is 18.5 Å². The molecule has 9 nitrogen and oxygen atoms in total. The van der Waals surface area contributed by atoms with Crippen molar-refractivity contribution in [2.75, 3.05) is 27.0 Å². The Morgan fingerprint density at radius 3 is 2.06 bits per heavy atom. The second-order valence-electron chi connectivity index (χ2n) is 15.5. The van der Waals surface area contributed by atoms with E-state index in [1.807, 2.05) is 44.5 Å². The van der Waals surface area contributed by atoms with Gasteiger partial charge in [-0.15, -0.1) is 35.8 Å². The van der Waals surface area contributed by atoms with Crippen LogP contribution in [0.2, 0.25) is 0 Å². The predicted octanol–water partition coefficient (Wildman–Crippen LogP) is 9.61. The molecule has 0 bridgehead atoms. The molecule has 0 saturated carbocycles. The lowest BCUT2D eigenvalue weighted by molar-refractivity contribution is -0.193. The molecule has 4 rings (SSSR count). The normalized spacial score (nSPS) is 27.8. The first kappa shape index (κ1) is 47.1. The molecule has 0 aliphatic carbocycles. The van der Waals surface area contributed by atoms with Gasteiger partial charge in [-0.25, -0.2) is 0 Å². The lowest BCUT2D eigenvalue weighted by Crippen LogP contribution is -2.65. The summed E-state index contributed by atoms with van der Waals surface area (Å²) in [6.45, 7) is 7.22. The van der Waals surface area contributed by atoms with Crippen LogP contribution >= 0.6 is 35.8 Å². The van der Waals surface area contributed by atoms with E-state index in [0.29, 0.717) is 12.3 Å². The monoisotopic (exact) mass is 816 g/mol. The van der Waals surface area contributed by atoms with Crippen molar-refractivity contribution in [3.63, 3.8) is 0 Å². The summed E-state index contributed by atoms with van der Waals surface area (Å²) in [5.41, 5.74) is 0.277. The molecule has 3 aliphatic rings. The highest BCUT2D eigenvalue weighted by Gasteiger charge is 2.57. The van der Waals surface area contributed by atoms with Crippen LogP contribution in [0.3, 0.4) is 0 Å². The van der Waals surface area contributed by atoms with E-state index in [-0.39, 0.29) is 30.3 Å². The minimum Gasteiger partial charge on any atom is -0.497 e. The van der Waals surface area contributed by atoms with Crippen molar-refractivity contribution in [1.29, 1.82) is 0 Å². The van der Waals surface area contributed by atoms with Crippen molar-refractivity contribution in [2.24, 2.45) is 5.92 Å². The Bertz CT molecular complexity index is 1210. The van der Waals surface area contributed by atoms with Crippen molar-refractivity contribution < 1.29 is 33.3 Å². The number of thioether (sulfide) groups is 1. The lowest BCUT2D eigenvalue weighted by Gasteiger charge is -2.44. The number of ether oxygens (including phenoxy) is 5. The Balaban J connectivity index is 0.00000784. The highest BCUT2D eigenvalue weighted by molar-refractivity contribution is 7.99. The quantitative estimate of drug-likeness (QED) is 0.0622. The van der Waals surface area contributed by atoms with E-state index in [1.54, 1.807) is 7.11 Å². The van der Waals surface area contributed by atoms with Gasteiger partial charge in [0.25, 0.3) is 0 Å². The van der Waals surface area contributed by atoms with Gasteiger partial charge in [0.05, 0.1) is 24.6 Å². The van der Waals surface area contributed by atoms with Gasteiger partial charge in [-0.1, -0.05) is 109 Å². The first-order chi connectivity index (χ1) is 25.7. The molecule has 310 valence electrons. The number of nitrogens with zero attached hydrogens (tertiary/aromatic N) is 1. The van der Waals surface area contributed by atoms with Crippen LogP contribution in [0.5, 0.6) is 5.75 Å². The van der Waals surface area contributed by atoms with E-state index in [9.17, 15) is 9.59 Å². The highest BCUT2D eigenvalue weighted by atomic mass is 35.5. The summed E-state index contributed by atoms with van der Waals surface area (Å²) >= 11 is 8.33. The van der Waals surface area contributed by atoms with E-state index in [0.717, 1.165) is 56.4 Å². The maximum atomic E-state index is 13.8. The number of amides is 1. The second kappa shape index (κ2) is 25.2. The van der Waals surface area contributed by atoms with Crippen LogP contribution in [0.15, 0.2) is 24.3 Å². The summed E-state index contributed by atoms with van der Waals surface area (Å²) in [5.74, 6) is 0.915. The Hall–Kier alpha value is -1.27. The summed E-state index contributed by atoms with van der Waals surface area (Å²) in [5, 5.41) is 2.80. The molecule has 1 aromatic rings. The number of halogens is 2. The van der Waals surface area contributed by atoms with E-state index < -0.39 is 47.6 Å². The fourth-order valence-electron chi connectivity index (χ4n) is 8.23. The van der Waals surface area contributed by atoms with Gasteiger partial charge < -0.3 is 29.0 Å². The Morgan fingerprint density at radius 1 is 0.907 bits per heavy atom. The fourth-order valence-corrected chi connectivity index (χ4v) is 9.16. The molecule has 10 atom stereocenters. The van der Waals surface area contributed by atoms with Gasteiger partial charge in [-0.05, 0) is 57.5 Å². The number of methoxy groups -OCH3 is 1. The van der Waals surface area contributed by atoms with Gasteiger partial charge in [0.15, 0.2) is 12.4 Å². The number of fused-ring (bicyclic) bond motifs is 1. The van der Waals surface area contributed by atoms with Gasteiger partial charge in [0.2, 0.25) is 5.91 Å². The molecule has 10 unspecified atom stereocenters. The van der Waals surface area contributed by atoms with Crippen LogP contribution in [0.25, 0.3) is 0 Å². The summed E-state index contributed by atoms with van der Waals surface area (Å²) in [4.78, 5) is 29.3. The maximum absolute atomic E-state index is 13.8. The Labute approximate surface area is 341 Å². The molecule has 0 radical (unpaired) electrons. The van der Waals surface area contributed by atoms with Crippen molar-refractivity contribution in [3.8, 4) is 5.75 Å². The van der Waals surface area contributed by atoms with Crippen LogP contribution in [0.4, 0.5) is 0 Å². The van der Waals surface area contributed by atoms with Gasteiger partial charge in [-0.3, -0.25) is 14.5 Å². The number of hydrogen-bond donors (Lipinski definition) is 1. The molecule has 1 aromatic carbocycles. The largest absolute Gasteiger partial charge is 0.497 e. The zero-order chi connectivity index (χ0) is 38.2. The standard InChI is InChI=1S/C42H69ClN2O7S.ClH/c1-7-9-10-11-12-13-14-15-16-17-18-19-20-22-34(46)49-39-38-37(50-41(51-38)31-23-25-32(48-5)26-24-31)36(52-42(39)53-6)35(29(3)43)44-40(47)33-27-30(21-8-2)28-45(33)4;/h23-26,29-30,33,35-39,41-42H,7-22,27-28H2,1-6H3,(H,44,47);1H. The molecule has 12 heteroatoms. The van der Waals surface area contributed by atoms with Gasteiger partial charge >= 0.3 is 5.97 Å². The van der Waals surface area contributed by atoms with Crippen molar-refractivity contribution in [2.45, 2.75) is 184 Å². The third kappa shape index (κ3) is 14.0. The first-order valence-corrected chi connectivity index (χ1v) is 22.4. The molecule has 0 spiro atoms. The maximum Gasteiger partial charge on any atom is 0.306 e. The number of nitrogens with one attached hydrogen (secondary N) is 1. The third-order valence-corrected chi connectivity index (χ3v) is 12.4. The van der Waals surface area contributed by atoms with Crippen molar-refractivity contribution in [1.82, 2.24) is 10.2 Å². The van der Waals surface area contributed by atoms with Crippen molar-refractivity contribution in [3.05, 3.63) is 29.8 Å². The molecular weight excluding hydrogens is 747 g/mol. The molecule has 3 aliphatic heterocycles. The highest BCUT2D eigenvalue weighted by Crippen LogP contribution is 2.44. The summed E-state index contributed by atoms with van der Waals surface area (Å²) in [6.07, 6.45) is 18.2. The van der Waals surface area contributed by atoms with Crippen molar-refractivity contribution >= 4 is 47.6 Å². The lowest BCUT2D eigenvalue weighted by atomic mass is 9.92. The summed E-state index contributed by atoms with van der Waals surface area (Å²) in [7, 11) is 3.64. The number of carbonyl (C=O) groups is 2. The second-order valence-corrected chi connectivity index (χ2v) is 17.1. The number of benzene rings is 1. The summed E-state index contributed by atoms with van der Waals surface area (Å²) < 4.78 is 31.5. The molecular formula is C42H70Cl2N2O7S. The van der Waals surface area contributed by atoms with Crippen LogP contribution in [0.1, 0.15) is 142 Å². The topological polar surface area (TPSA) is 95.6 Å². The minimum absolute atomic E-state index is 0. The van der Waals surface area contributed by atoms with Gasteiger partial charge in [-0.2, -0.15) is 0 Å². The minimum atomic E-state index is -0.720. The number of alkyl halides is 1. The molecule has 3 fully saturated rings. The molecule has 3 saturated heterocycles. The fraction of sp³-hybridized carbons (Fsp3) is 0.810. The SMILES string of the molecule is CCCCCCCCCCCCCCCC(=O)OC1C(SC)OC(C(NC(=O)C2CC(CCC)CN2C)C(C)Cl)C2OC(c3ccc(OC)cc3)OC12.Cl. The molecule has 1 amide bonds. The van der Waals surface area contributed by atoms with E-state index in [2.05, 4.69) is 24.1 Å². The van der Waals surface area contributed by atoms with Gasteiger partial charge in [0.1, 0.15) is 29.5 Å². The van der Waals surface area contributed by atoms with Crippen LogP contribution in [0, 0.1) is 5.92 Å². The van der Waals surface area contributed by atoms with E-state index in [4.69, 9.17) is 35.3 Å². The van der Waals surface area contributed by atoms with E-state index >= 15 is 0 Å². The number of carbonyl (C=O) groups excluding carboxylic acids is 2. The number of likely N-dealkylation sites (tertiary alicyclic amines) is 1. The Morgan fingerprint density at radius 2 is 1.50 bits per heavy atom. The summed E-state index contributed by atoms with van der Waals surface area (Å²) in [6, 6.07) is 6.75. The van der Waals surface area contributed by atoms with E-state index in [1.165, 1.54) is 76.0 Å². The molecule has 3 heterocycles. The van der Waals surface area contributed by atoms with Crippen LogP contribution < -0.4 is 10.1 Å². The average molecular weight is 818 g/mol. The third-order valence-electron chi connectivity index (χ3n) is 11.3. The molecule has 54 heavy (non-hydrogen) atoms. The molecule has 0 aromatic heterocycles. The van der Waals surface area contributed by atoms with Crippen LogP contribution in [-0.4, -0.2) is 91.0 Å². The average Bonchev–Trinajstić information content (AvgIpc) is 3.77. The predicted molar refractivity (Wildman–Crippen MR) is 222 cm³/mol. The smallest absolute Gasteiger partial charge is 0.306 e. The first-order valence-electron chi connectivity index (χ1n) is 20.7. The number of unbranched alkanes of at least 4 members (excludes halogenated alkanes) is 12. The van der Waals surface area contributed by atoms with Crippen LogP contribution in [-0.2, 0) is 28.5 Å². The number of hydrogen-bond acceptors (Lipinski definition) is 9. The molecule has 1 N–H and O–H groups in total. The zero-order valence-corrected chi connectivity index (χ0v) is 36.2. The number of esters is 1.